The summed E-state index contributed by atoms with van der Waals surface area (Å²) in [6.45, 7) is 2.13. The van der Waals surface area contributed by atoms with Crippen LogP contribution in [0.1, 0.15) is 52.2 Å². The summed E-state index contributed by atoms with van der Waals surface area (Å²) >= 11 is 0. The molecule has 0 saturated heterocycles. The van der Waals surface area contributed by atoms with Crippen LogP contribution in [0.5, 0.6) is 0 Å². The first kappa shape index (κ1) is 15.4. The Morgan fingerprint density at radius 1 is 1.38 bits per heavy atom. The highest BCUT2D eigenvalue weighted by molar-refractivity contribution is 5.94. The quantitative estimate of drug-likeness (QED) is 0.828. The number of carboxylic acids is 1. The summed E-state index contributed by atoms with van der Waals surface area (Å²) in [5, 5.41) is 18.0. The minimum absolute atomic E-state index is 0.0426. The number of carbonyl (C=O) groups is 2. The standard InChI is InChI=1S/C15H20N2O4/c1-10-12(15(20)21)6-7-13(16-10)14(19)17(8-3-9-18)11-4-2-5-11/h6-7,11,18H,2-5,8-9H2,1H3,(H,20,21). The third kappa shape index (κ3) is 3.39. The Bertz CT molecular complexity index is 540. The van der Waals surface area contributed by atoms with Gasteiger partial charge in [0.25, 0.3) is 5.91 Å². The molecular weight excluding hydrogens is 272 g/mol. The molecule has 2 rings (SSSR count). The van der Waals surface area contributed by atoms with Gasteiger partial charge in [0.1, 0.15) is 5.69 Å². The van der Waals surface area contributed by atoms with Crippen LogP contribution in [0.15, 0.2) is 12.1 Å². The van der Waals surface area contributed by atoms with Crippen molar-refractivity contribution in [3.63, 3.8) is 0 Å². The van der Waals surface area contributed by atoms with Gasteiger partial charge in [0.2, 0.25) is 0 Å². The molecule has 2 N–H and O–H groups in total. The second-order valence-electron chi connectivity index (χ2n) is 5.30. The molecule has 6 heteroatoms. The fourth-order valence-electron chi connectivity index (χ4n) is 2.44. The number of carbonyl (C=O) groups excluding carboxylic acids is 1. The van der Waals surface area contributed by atoms with E-state index in [1.807, 2.05) is 0 Å². The number of rotatable bonds is 6. The maximum atomic E-state index is 12.6. The topological polar surface area (TPSA) is 90.7 Å². The van der Waals surface area contributed by atoms with Gasteiger partial charge in [-0.2, -0.15) is 0 Å². The van der Waals surface area contributed by atoms with E-state index in [2.05, 4.69) is 4.98 Å². The zero-order valence-corrected chi connectivity index (χ0v) is 12.1. The van der Waals surface area contributed by atoms with E-state index in [0.29, 0.717) is 18.7 Å². The summed E-state index contributed by atoms with van der Waals surface area (Å²) in [4.78, 5) is 29.4. The van der Waals surface area contributed by atoms with Crippen molar-refractivity contribution in [2.45, 2.75) is 38.6 Å². The SMILES string of the molecule is Cc1nc(C(=O)N(CCCO)C2CCC2)ccc1C(=O)O. The Kier molecular flexibility index (Phi) is 4.90. The Hall–Kier alpha value is -1.95. The molecule has 1 fully saturated rings. The van der Waals surface area contributed by atoms with E-state index in [1.165, 1.54) is 12.1 Å². The van der Waals surface area contributed by atoms with Crippen LogP contribution in [-0.2, 0) is 0 Å². The van der Waals surface area contributed by atoms with E-state index in [1.54, 1.807) is 11.8 Å². The van der Waals surface area contributed by atoms with E-state index in [9.17, 15) is 9.59 Å². The lowest BCUT2D eigenvalue weighted by Gasteiger charge is -2.37. The average molecular weight is 292 g/mol. The van der Waals surface area contributed by atoms with Crippen LogP contribution in [0.3, 0.4) is 0 Å². The number of amides is 1. The molecule has 21 heavy (non-hydrogen) atoms. The molecule has 1 aliphatic rings. The fourth-order valence-corrected chi connectivity index (χ4v) is 2.44. The molecule has 1 aromatic heterocycles. The van der Waals surface area contributed by atoms with Gasteiger partial charge in [0, 0.05) is 19.2 Å². The number of aliphatic hydroxyl groups is 1. The first-order chi connectivity index (χ1) is 10.0. The molecule has 1 aromatic rings. The molecule has 0 atom stereocenters. The minimum atomic E-state index is -1.05. The largest absolute Gasteiger partial charge is 0.478 e. The number of aryl methyl sites for hydroxylation is 1. The van der Waals surface area contributed by atoms with E-state index in [-0.39, 0.29) is 29.8 Å². The molecule has 114 valence electrons. The molecule has 0 radical (unpaired) electrons. The lowest BCUT2D eigenvalue weighted by atomic mass is 9.91. The monoisotopic (exact) mass is 292 g/mol. The van der Waals surface area contributed by atoms with Crippen molar-refractivity contribution in [1.82, 2.24) is 9.88 Å². The smallest absolute Gasteiger partial charge is 0.337 e. The van der Waals surface area contributed by atoms with Crippen molar-refractivity contribution >= 4 is 11.9 Å². The summed E-state index contributed by atoms with van der Waals surface area (Å²) in [6.07, 6.45) is 3.60. The highest BCUT2D eigenvalue weighted by Crippen LogP contribution is 2.26. The molecule has 6 nitrogen and oxygen atoms in total. The Morgan fingerprint density at radius 2 is 2.10 bits per heavy atom. The van der Waals surface area contributed by atoms with Gasteiger partial charge in [0.15, 0.2) is 0 Å². The predicted octanol–water partition coefficient (Wildman–Crippen LogP) is 1.47. The van der Waals surface area contributed by atoms with Crippen molar-refractivity contribution < 1.29 is 19.8 Å². The number of aliphatic hydroxyl groups excluding tert-OH is 1. The van der Waals surface area contributed by atoms with E-state index < -0.39 is 5.97 Å². The normalized spacial score (nSPS) is 14.6. The van der Waals surface area contributed by atoms with Crippen LogP contribution in [0, 0.1) is 6.92 Å². The second-order valence-corrected chi connectivity index (χ2v) is 5.30. The van der Waals surface area contributed by atoms with Gasteiger partial charge in [0.05, 0.1) is 11.3 Å². The predicted molar refractivity (Wildman–Crippen MR) is 76.3 cm³/mol. The molecule has 0 bridgehead atoms. The highest BCUT2D eigenvalue weighted by atomic mass is 16.4. The highest BCUT2D eigenvalue weighted by Gasteiger charge is 2.29. The van der Waals surface area contributed by atoms with Gasteiger partial charge in [-0.15, -0.1) is 0 Å². The van der Waals surface area contributed by atoms with E-state index in [4.69, 9.17) is 10.2 Å². The number of hydrogen-bond acceptors (Lipinski definition) is 4. The van der Waals surface area contributed by atoms with Crippen LogP contribution >= 0.6 is 0 Å². The minimum Gasteiger partial charge on any atom is -0.478 e. The number of nitrogens with zero attached hydrogens (tertiary/aromatic N) is 2. The lowest BCUT2D eigenvalue weighted by molar-refractivity contribution is 0.0554. The van der Waals surface area contributed by atoms with Crippen molar-refractivity contribution in [1.29, 1.82) is 0 Å². The van der Waals surface area contributed by atoms with Gasteiger partial charge in [-0.05, 0) is 44.7 Å². The Morgan fingerprint density at radius 3 is 2.57 bits per heavy atom. The third-order valence-electron chi connectivity index (χ3n) is 3.87. The number of carboxylic acid groups (broad SMARTS) is 1. The summed E-state index contributed by atoms with van der Waals surface area (Å²) in [6, 6.07) is 3.09. The third-order valence-corrected chi connectivity index (χ3v) is 3.87. The van der Waals surface area contributed by atoms with Crippen molar-refractivity contribution in [2.24, 2.45) is 0 Å². The zero-order chi connectivity index (χ0) is 15.4. The van der Waals surface area contributed by atoms with Gasteiger partial charge in [-0.1, -0.05) is 0 Å². The van der Waals surface area contributed by atoms with Crippen LogP contribution < -0.4 is 0 Å². The Labute approximate surface area is 123 Å². The maximum Gasteiger partial charge on any atom is 0.337 e. The van der Waals surface area contributed by atoms with Crippen molar-refractivity contribution in [2.75, 3.05) is 13.2 Å². The van der Waals surface area contributed by atoms with Crippen LogP contribution in [0.25, 0.3) is 0 Å². The maximum absolute atomic E-state index is 12.6. The summed E-state index contributed by atoms with van der Waals surface area (Å²) in [5.74, 6) is -1.23. The van der Waals surface area contributed by atoms with Gasteiger partial charge >= 0.3 is 5.97 Å². The molecule has 0 unspecified atom stereocenters. The zero-order valence-electron chi connectivity index (χ0n) is 12.1. The van der Waals surface area contributed by atoms with Crippen LogP contribution in [0.2, 0.25) is 0 Å². The first-order valence-corrected chi connectivity index (χ1v) is 7.17. The van der Waals surface area contributed by atoms with Crippen molar-refractivity contribution in [3.05, 3.63) is 29.1 Å². The fraction of sp³-hybridized carbons (Fsp3) is 0.533. The molecular formula is C15H20N2O4. The molecule has 1 aliphatic carbocycles. The molecule has 0 aliphatic heterocycles. The molecule has 0 aromatic carbocycles. The van der Waals surface area contributed by atoms with Gasteiger partial charge in [-0.3, -0.25) is 4.79 Å². The van der Waals surface area contributed by atoms with Crippen LogP contribution in [-0.4, -0.2) is 51.2 Å². The molecule has 1 heterocycles. The van der Waals surface area contributed by atoms with E-state index >= 15 is 0 Å². The molecule has 1 saturated carbocycles. The summed E-state index contributed by atoms with van der Waals surface area (Å²) in [7, 11) is 0. The van der Waals surface area contributed by atoms with Crippen LogP contribution in [0.4, 0.5) is 0 Å². The number of aromatic carboxylic acids is 1. The van der Waals surface area contributed by atoms with E-state index in [0.717, 1.165) is 19.3 Å². The van der Waals surface area contributed by atoms with Crippen molar-refractivity contribution in [3.8, 4) is 0 Å². The number of aromatic nitrogens is 1. The van der Waals surface area contributed by atoms with Gasteiger partial charge in [-0.25, -0.2) is 9.78 Å². The van der Waals surface area contributed by atoms with Gasteiger partial charge < -0.3 is 15.1 Å². The molecule has 1 amide bonds. The second kappa shape index (κ2) is 6.67. The molecule has 0 spiro atoms. The number of pyridine rings is 1. The Balaban J connectivity index is 2.19. The number of hydrogen-bond donors (Lipinski definition) is 2. The average Bonchev–Trinajstić information content (AvgIpc) is 2.39. The first-order valence-electron chi connectivity index (χ1n) is 7.17. The summed E-state index contributed by atoms with van der Waals surface area (Å²) in [5.41, 5.74) is 0.712. The summed E-state index contributed by atoms with van der Waals surface area (Å²) < 4.78 is 0. The lowest BCUT2D eigenvalue weighted by Crippen LogP contribution is -2.45.